The summed E-state index contributed by atoms with van der Waals surface area (Å²) in [5, 5.41) is 0. The van der Waals surface area contributed by atoms with Crippen LogP contribution in [0.25, 0.3) is 0 Å². The summed E-state index contributed by atoms with van der Waals surface area (Å²) in [5.74, 6) is 1.56. The van der Waals surface area contributed by atoms with E-state index in [1.165, 1.54) is 11.1 Å². The van der Waals surface area contributed by atoms with Crippen LogP contribution < -0.4 is 0 Å². The number of hydrogen-bond donors (Lipinski definition) is 0. The van der Waals surface area contributed by atoms with Crippen LogP contribution in [0.15, 0.2) is 73.1 Å². The molecule has 22 heavy (non-hydrogen) atoms. The lowest BCUT2D eigenvalue weighted by Crippen LogP contribution is -2.05. The summed E-state index contributed by atoms with van der Waals surface area (Å²) in [7, 11) is 0. The molecule has 112 valence electrons. The molecule has 0 radical (unpaired) electrons. The van der Waals surface area contributed by atoms with Crippen molar-refractivity contribution in [2.75, 3.05) is 0 Å². The Kier molecular flexibility index (Phi) is 4.69. The van der Waals surface area contributed by atoms with Crippen molar-refractivity contribution >= 4 is 0 Å². The zero-order chi connectivity index (χ0) is 15.2. The van der Waals surface area contributed by atoms with Gasteiger partial charge in [-0.25, -0.2) is 4.98 Å². The van der Waals surface area contributed by atoms with E-state index in [1.54, 1.807) is 0 Å². The second-order valence-electron chi connectivity index (χ2n) is 5.68. The molecule has 0 aliphatic heterocycles. The molecular formula is C20H22N2. The Labute approximate surface area is 132 Å². The van der Waals surface area contributed by atoms with E-state index < -0.39 is 0 Å². The van der Waals surface area contributed by atoms with Crippen LogP contribution in [-0.4, -0.2) is 9.55 Å². The summed E-state index contributed by atoms with van der Waals surface area (Å²) < 4.78 is 2.23. The van der Waals surface area contributed by atoms with Crippen molar-refractivity contribution in [3.8, 4) is 0 Å². The van der Waals surface area contributed by atoms with Crippen molar-refractivity contribution in [3.05, 3.63) is 90.0 Å². The van der Waals surface area contributed by atoms with Crippen LogP contribution in [0.2, 0.25) is 0 Å². The minimum Gasteiger partial charge on any atom is -0.335 e. The van der Waals surface area contributed by atoms with Crippen molar-refractivity contribution in [3.63, 3.8) is 0 Å². The van der Waals surface area contributed by atoms with Crippen LogP contribution >= 0.6 is 0 Å². The smallest absolute Gasteiger partial charge is 0.105 e. The molecule has 0 saturated carbocycles. The van der Waals surface area contributed by atoms with Crippen LogP contribution in [0.5, 0.6) is 0 Å². The van der Waals surface area contributed by atoms with E-state index in [0.717, 1.165) is 25.2 Å². The number of hydrogen-bond acceptors (Lipinski definition) is 1. The van der Waals surface area contributed by atoms with Gasteiger partial charge in [0.05, 0.1) is 0 Å². The normalized spacial score (nSPS) is 11.0. The van der Waals surface area contributed by atoms with Gasteiger partial charge in [0.25, 0.3) is 0 Å². The quantitative estimate of drug-likeness (QED) is 0.637. The van der Waals surface area contributed by atoms with Gasteiger partial charge in [-0.3, -0.25) is 0 Å². The summed E-state index contributed by atoms with van der Waals surface area (Å²) in [5.41, 5.74) is 2.80. The maximum atomic E-state index is 4.29. The van der Waals surface area contributed by atoms with Crippen molar-refractivity contribution in [1.82, 2.24) is 9.55 Å². The Balaban J connectivity index is 1.73. The zero-order valence-electron chi connectivity index (χ0n) is 13.0. The number of benzene rings is 2. The van der Waals surface area contributed by atoms with Gasteiger partial charge in [-0.15, -0.1) is 0 Å². The Morgan fingerprint density at radius 3 is 2.00 bits per heavy atom. The van der Waals surface area contributed by atoms with E-state index in [2.05, 4.69) is 83.3 Å². The fraction of sp³-hybridized carbons (Fsp3) is 0.250. The highest BCUT2D eigenvalue weighted by molar-refractivity contribution is 5.32. The summed E-state index contributed by atoms with van der Waals surface area (Å²) >= 11 is 0. The van der Waals surface area contributed by atoms with Crippen molar-refractivity contribution in [2.24, 2.45) is 0 Å². The molecule has 0 amide bonds. The highest BCUT2D eigenvalue weighted by Crippen LogP contribution is 2.29. The lowest BCUT2D eigenvalue weighted by Gasteiger charge is -2.18. The van der Waals surface area contributed by atoms with E-state index in [-0.39, 0.29) is 0 Å². The topological polar surface area (TPSA) is 17.8 Å². The van der Waals surface area contributed by atoms with Crippen LogP contribution in [0.4, 0.5) is 0 Å². The van der Waals surface area contributed by atoms with Crippen LogP contribution in [0.3, 0.4) is 0 Å². The molecule has 0 spiro atoms. The maximum Gasteiger partial charge on any atom is 0.105 e. The summed E-state index contributed by atoms with van der Waals surface area (Å²) in [4.78, 5) is 4.29. The van der Waals surface area contributed by atoms with E-state index in [0.29, 0.717) is 5.92 Å². The van der Waals surface area contributed by atoms with E-state index in [4.69, 9.17) is 0 Å². The first kappa shape index (κ1) is 14.6. The van der Waals surface area contributed by atoms with Gasteiger partial charge >= 0.3 is 0 Å². The molecule has 3 rings (SSSR count). The van der Waals surface area contributed by atoms with E-state index >= 15 is 0 Å². The van der Waals surface area contributed by atoms with Crippen molar-refractivity contribution in [1.29, 1.82) is 0 Å². The molecule has 0 atom stereocenters. The highest BCUT2D eigenvalue weighted by Gasteiger charge is 2.13. The number of aromatic nitrogens is 2. The Morgan fingerprint density at radius 2 is 1.50 bits per heavy atom. The summed E-state index contributed by atoms with van der Waals surface area (Å²) in [6.45, 7) is 3.09. The molecule has 0 aliphatic carbocycles. The largest absolute Gasteiger partial charge is 0.335 e. The molecular weight excluding hydrogens is 268 g/mol. The van der Waals surface area contributed by atoms with Crippen LogP contribution in [0, 0.1) is 6.92 Å². The van der Waals surface area contributed by atoms with Gasteiger partial charge in [0.2, 0.25) is 0 Å². The van der Waals surface area contributed by atoms with Crippen LogP contribution in [0.1, 0.15) is 35.7 Å². The summed E-state index contributed by atoms with van der Waals surface area (Å²) in [6, 6.07) is 21.6. The van der Waals surface area contributed by atoms with E-state index in [9.17, 15) is 0 Å². The standard InChI is InChI=1S/C20H22N2/c1-17-21-14-16-22(17)15-8-13-20(18-9-4-2-5-10-18)19-11-6-3-7-12-19/h2-7,9-12,14,16,20H,8,13,15H2,1H3. The third kappa shape index (κ3) is 3.45. The Hall–Kier alpha value is -2.35. The van der Waals surface area contributed by atoms with Gasteiger partial charge in [-0.05, 0) is 30.9 Å². The fourth-order valence-electron chi connectivity index (χ4n) is 3.00. The number of imidazole rings is 1. The average molecular weight is 290 g/mol. The predicted octanol–water partition coefficient (Wildman–Crippen LogP) is 4.80. The van der Waals surface area contributed by atoms with Crippen LogP contribution in [-0.2, 0) is 6.54 Å². The molecule has 0 N–H and O–H groups in total. The van der Waals surface area contributed by atoms with Gasteiger partial charge < -0.3 is 4.57 Å². The molecule has 2 nitrogen and oxygen atoms in total. The molecule has 0 saturated heterocycles. The monoisotopic (exact) mass is 290 g/mol. The average Bonchev–Trinajstić information content (AvgIpc) is 2.98. The van der Waals surface area contributed by atoms with E-state index in [1.807, 2.05) is 6.20 Å². The van der Waals surface area contributed by atoms with Crippen molar-refractivity contribution < 1.29 is 0 Å². The van der Waals surface area contributed by atoms with Crippen molar-refractivity contribution in [2.45, 2.75) is 32.2 Å². The highest BCUT2D eigenvalue weighted by atomic mass is 15.0. The van der Waals surface area contributed by atoms with Gasteiger partial charge in [0.15, 0.2) is 0 Å². The lowest BCUT2D eigenvalue weighted by atomic mass is 9.87. The fourth-order valence-corrected chi connectivity index (χ4v) is 3.00. The predicted molar refractivity (Wildman–Crippen MR) is 90.9 cm³/mol. The lowest BCUT2D eigenvalue weighted by molar-refractivity contribution is 0.568. The second kappa shape index (κ2) is 7.08. The molecule has 0 bridgehead atoms. The molecule has 0 unspecified atom stereocenters. The number of rotatable bonds is 6. The SMILES string of the molecule is Cc1nccn1CCCC(c1ccccc1)c1ccccc1. The minimum atomic E-state index is 0.464. The molecule has 1 aromatic heterocycles. The first-order valence-corrected chi connectivity index (χ1v) is 7.92. The summed E-state index contributed by atoms with van der Waals surface area (Å²) in [6.07, 6.45) is 6.23. The third-order valence-electron chi connectivity index (χ3n) is 4.22. The molecule has 3 aromatic rings. The Morgan fingerprint density at radius 1 is 0.909 bits per heavy atom. The molecule has 2 heteroatoms. The molecule has 2 aromatic carbocycles. The first-order chi connectivity index (χ1) is 10.8. The second-order valence-corrected chi connectivity index (χ2v) is 5.68. The maximum absolute atomic E-state index is 4.29. The number of nitrogens with zero attached hydrogens (tertiary/aromatic N) is 2. The van der Waals surface area contributed by atoms with Gasteiger partial charge in [0.1, 0.15) is 5.82 Å². The molecule has 0 aliphatic rings. The van der Waals surface area contributed by atoms with Gasteiger partial charge in [0, 0.05) is 24.9 Å². The zero-order valence-corrected chi connectivity index (χ0v) is 13.0. The van der Waals surface area contributed by atoms with Gasteiger partial charge in [-0.1, -0.05) is 60.7 Å². The third-order valence-corrected chi connectivity index (χ3v) is 4.22. The first-order valence-electron chi connectivity index (χ1n) is 7.92. The molecule has 0 fully saturated rings. The Bertz CT molecular complexity index is 646. The minimum absolute atomic E-state index is 0.464. The molecule has 1 heterocycles. The number of aryl methyl sites for hydroxylation is 2. The van der Waals surface area contributed by atoms with Gasteiger partial charge in [-0.2, -0.15) is 0 Å².